The Labute approximate surface area is 176 Å². The predicted molar refractivity (Wildman–Crippen MR) is 113 cm³/mol. The number of amides is 3. The van der Waals surface area contributed by atoms with Gasteiger partial charge in [0, 0.05) is 6.20 Å². The minimum atomic E-state index is -0.772. The summed E-state index contributed by atoms with van der Waals surface area (Å²) in [6.45, 7) is 0. The van der Waals surface area contributed by atoms with Gasteiger partial charge < -0.3 is 15.8 Å². The summed E-state index contributed by atoms with van der Waals surface area (Å²) < 4.78 is 1.42. The molecule has 3 aromatic rings. The normalized spacial score (nSPS) is 15.0. The highest BCUT2D eigenvalue weighted by atomic mass is 32.1. The summed E-state index contributed by atoms with van der Waals surface area (Å²) in [4.78, 5) is 31.5. The van der Waals surface area contributed by atoms with Crippen LogP contribution in [0.25, 0.3) is 16.7 Å². The number of benzene rings is 1. The van der Waals surface area contributed by atoms with Crippen LogP contribution in [0.4, 0.5) is 9.59 Å². The van der Waals surface area contributed by atoms with E-state index < -0.39 is 11.8 Å². The standard InChI is InChI=1S/C21H19N5O3S/c1-24(2)21(29)25-11-15(14-7-3-4-8-16(14)25)18(27)17-12-30-19(26(17)20(22)28)13-6-5-9-23-10-13/h3-12,27H,1-2H3,(H2,22,28)/p-1. The van der Waals surface area contributed by atoms with Crippen molar-refractivity contribution in [3.8, 4) is 0 Å². The highest BCUT2D eigenvalue weighted by Crippen LogP contribution is 2.31. The zero-order valence-corrected chi connectivity index (χ0v) is 17.1. The average Bonchev–Trinajstić information content (AvgIpc) is 3.36. The van der Waals surface area contributed by atoms with E-state index in [0.717, 1.165) is 0 Å². The Bertz CT molecular complexity index is 1200. The van der Waals surface area contributed by atoms with Gasteiger partial charge in [-0.1, -0.05) is 28.8 Å². The first-order valence-corrected chi connectivity index (χ1v) is 9.88. The van der Waals surface area contributed by atoms with Crippen molar-refractivity contribution in [3.63, 3.8) is 0 Å². The highest BCUT2D eigenvalue weighted by molar-refractivity contribution is 7.81. The maximum Gasteiger partial charge on any atom is 0.441 e. The molecule has 2 aromatic heterocycles. The molecule has 0 spiro atoms. The monoisotopic (exact) mass is 420 g/mol. The predicted octanol–water partition coefficient (Wildman–Crippen LogP) is 0.617. The zero-order chi connectivity index (χ0) is 21.4. The van der Waals surface area contributed by atoms with Crippen molar-refractivity contribution in [3.05, 3.63) is 77.2 Å². The van der Waals surface area contributed by atoms with Crippen LogP contribution in [0.1, 0.15) is 11.1 Å². The summed E-state index contributed by atoms with van der Waals surface area (Å²) in [5, 5.41) is 16.2. The summed E-state index contributed by atoms with van der Waals surface area (Å²) in [6, 6.07) is 9.60. The van der Waals surface area contributed by atoms with Crippen molar-refractivity contribution in [2.75, 3.05) is 14.1 Å². The van der Waals surface area contributed by atoms with Crippen LogP contribution < -0.4 is 15.4 Å². The molecule has 0 unspecified atom stereocenters. The van der Waals surface area contributed by atoms with Crippen LogP contribution in [-0.2, 0) is 11.4 Å². The molecule has 30 heavy (non-hydrogen) atoms. The number of hydrogen-bond acceptors (Lipinski definition) is 4. The molecular weight excluding hydrogens is 402 g/mol. The van der Waals surface area contributed by atoms with Crippen molar-refractivity contribution in [2.45, 2.75) is 0 Å². The highest BCUT2D eigenvalue weighted by Gasteiger charge is 2.36. The molecule has 4 rings (SSSR count). The molecule has 0 atom stereocenters. The van der Waals surface area contributed by atoms with E-state index in [1.54, 1.807) is 68.3 Å². The number of nitrogens with zero attached hydrogens (tertiary/aromatic N) is 4. The van der Waals surface area contributed by atoms with Gasteiger partial charge in [0.1, 0.15) is 0 Å². The number of fused-ring (bicyclic) bond motifs is 1. The number of allylic oxidation sites excluding steroid dienone is 1. The third-order valence-electron chi connectivity index (χ3n) is 4.63. The maximum absolute atomic E-state index is 13.5. The first kappa shape index (κ1) is 19.5. The number of carbonyl (C=O) groups is 2. The Hall–Kier alpha value is -3.85. The third-order valence-corrected chi connectivity index (χ3v) is 5.62. The first-order valence-electron chi connectivity index (χ1n) is 9.00. The van der Waals surface area contributed by atoms with Gasteiger partial charge in [-0.05, 0) is 6.20 Å². The lowest BCUT2D eigenvalue weighted by Crippen LogP contribution is -2.48. The van der Waals surface area contributed by atoms with Gasteiger partial charge in [0.25, 0.3) is 0 Å². The topological polar surface area (TPSA) is 106 Å². The Morgan fingerprint density at radius 2 is 2.07 bits per heavy atom. The summed E-state index contributed by atoms with van der Waals surface area (Å²) in [5.41, 5.74) is 7.33. The minimum Gasteiger partial charge on any atom is -0.876 e. The van der Waals surface area contributed by atoms with Crippen molar-refractivity contribution < 1.29 is 19.3 Å². The molecule has 1 aliphatic rings. The van der Waals surface area contributed by atoms with E-state index in [4.69, 9.17) is 5.73 Å². The lowest BCUT2D eigenvalue weighted by Gasteiger charge is -2.26. The SMILES string of the molecule is CN(C)C(=O)[n+]1cc(C([O-])=C2C=[S+][C-](c3cccnc3)N2C(N)=O)c2cccc[c-]21. The van der Waals surface area contributed by atoms with Crippen molar-refractivity contribution >= 4 is 45.4 Å². The Balaban J connectivity index is 1.87. The number of primary amides is 1. The number of carbonyl (C=O) groups excluding carboxylic acids is 2. The van der Waals surface area contributed by atoms with Gasteiger partial charge in [-0.3, -0.25) is 9.80 Å². The molecule has 3 heterocycles. The van der Waals surface area contributed by atoms with E-state index in [0.29, 0.717) is 27.4 Å². The van der Waals surface area contributed by atoms with Gasteiger partial charge in [0.05, 0.1) is 25.3 Å². The second-order valence-electron chi connectivity index (χ2n) is 6.78. The van der Waals surface area contributed by atoms with E-state index >= 15 is 0 Å². The van der Waals surface area contributed by atoms with E-state index in [9.17, 15) is 14.7 Å². The molecule has 9 heteroatoms. The van der Waals surface area contributed by atoms with E-state index in [2.05, 4.69) is 4.98 Å². The van der Waals surface area contributed by atoms with Gasteiger partial charge in [-0.25, -0.2) is 14.2 Å². The number of para-hydroxylation sites is 1. The Morgan fingerprint density at radius 3 is 2.73 bits per heavy atom. The van der Waals surface area contributed by atoms with Crippen molar-refractivity contribution in [1.82, 2.24) is 14.8 Å². The quantitative estimate of drug-likeness (QED) is 0.164. The molecule has 0 radical (unpaired) electrons. The lowest BCUT2D eigenvalue weighted by atomic mass is 10.1. The van der Waals surface area contributed by atoms with Crippen molar-refractivity contribution in [2.24, 2.45) is 5.73 Å². The largest absolute Gasteiger partial charge is 0.876 e. The van der Waals surface area contributed by atoms with E-state index in [1.165, 1.54) is 31.9 Å². The molecule has 0 bridgehead atoms. The number of urea groups is 1. The first-order chi connectivity index (χ1) is 14.4. The number of nitrogens with two attached hydrogens (primary N) is 1. The molecule has 8 nitrogen and oxygen atoms in total. The van der Waals surface area contributed by atoms with Crippen LogP contribution in [0.3, 0.4) is 0 Å². The second-order valence-corrected chi connectivity index (χ2v) is 7.64. The van der Waals surface area contributed by atoms with Gasteiger partial charge in [-0.2, -0.15) is 6.07 Å². The molecule has 2 N–H and O–H groups in total. The van der Waals surface area contributed by atoms with Gasteiger partial charge >= 0.3 is 12.1 Å². The van der Waals surface area contributed by atoms with E-state index in [1.807, 2.05) is 0 Å². The van der Waals surface area contributed by atoms with Gasteiger partial charge in [0.15, 0.2) is 11.4 Å². The maximum atomic E-state index is 13.5. The molecule has 0 aliphatic carbocycles. The van der Waals surface area contributed by atoms with Crippen molar-refractivity contribution in [1.29, 1.82) is 0 Å². The van der Waals surface area contributed by atoms with Gasteiger partial charge in [0.2, 0.25) is 10.7 Å². The van der Waals surface area contributed by atoms with Crippen LogP contribution >= 0.6 is 0 Å². The fourth-order valence-electron chi connectivity index (χ4n) is 3.26. The molecule has 1 aromatic carbocycles. The molecule has 0 fully saturated rings. The number of aromatic nitrogens is 2. The molecule has 152 valence electrons. The van der Waals surface area contributed by atoms with Crippen LogP contribution in [-0.4, -0.2) is 46.3 Å². The minimum absolute atomic E-state index is 0.131. The fraction of sp³-hybridized carbons (Fsp3) is 0.0952. The molecule has 0 saturated carbocycles. The average molecular weight is 420 g/mol. The third kappa shape index (κ3) is 3.15. The van der Waals surface area contributed by atoms with Crippen LogP contribution in [0, 0.1) is 5.37 Å². The number of rotatable bonds is 2. The smallest absolute Gasteiger partial charge is 0.441 e. The second kappa shape index (κ2) is 7.53. The zero-order valence-electron chi connectivity index (χ0n) is 16.3. The summed E-state index contributed by atoms with van der Waals surface area (Å²) >= 11 is 1.22. The van der Waals surface area contributed by atoms with E-state index in [-0.39, 0.29) is 11.7 Å². The summed E-state index contributed by atoms with van der Waals surface area (Å²) in [6.07, 6.45) is 4.72. The number of hydrogen-bond donors (Lipinski definition) is 1. The number of pyridine rings is 1. The molecule has 1 aliphatic heterocycles. The summed E-state index contributed by atoms with van der Waals surface area (Å²) in [5.74, 6) is -0.401. The van der Waals surface area contributed by atoms with Crippen LogP contribution in [0.15, 0.2) is 60.7 Å². The Morgan fingerprint density at radius 1 is 1.27 bits per heavy atom. The van der Waals surface area contributed by atoms with Crippen LogP contribution in [0.2, 0.25) is 0 Å². The Kier molecular flexibility index (Phi) is 4.88. The fourth-order valence-corrected chi connectivity index (χ4v) is 4.25. The molecular formula is C21H18N5O3S-. The van der Waals surface area contributed by atoms with Crippen LogP contribution in [0.5, 0.6) is 0 Å². The molecule has 3 amide bonds. The lowest BCUT2D eigenvalue weighted by molar-refractivity contribution is -0.547. The molecule has 0 saturated heterocycles. The van der Waals surface area contributed by atoms with Gasteiger partial charge in [-0.15, -0.1) is 30.0 Å². The summed E-state index contributed by atoms with van der Waals surface area (Å²) in [7, 11) is 3.28.